The van der Waals surface area contributed by atoms with E-state index in [1.54, 1.807) is 6.92 Å². The Hall–Kier alpha value is -0.460. The quantitative estimate of drug-likeness (QED) is 0.773. The molecule has 0 aromatic carbocycles. The Morgan fingerprint density at radius 2 is 1.95 bits per heavy atom. The maximum atomic E-state index is 12.5. The molecule has 0 amide bonds. The van der Waals surface area contributed by atoms with Gasteiger partial charge in [0, 0.05) is 18.4 Å². The number of nitrogens with one attached hydrogen (secondary N) is 1. The molecule has 22 heavy (non-hydrogen) atoms. The van der Waals surface area contributed by atoms with E-state index >= 15 is 0 Å². The molecule has 3 aliphatic carbocycles. The van der Waals surface area contributed by atoms with Crippen LogP contribution in [0.5, 0.6) is 0 Å². The maximum Gasteiger partial charge on any atom is 0.212 e. The molecule has 0 aliphatic heterocycles. The highest BCUT2D eigenvalue weighted by atomic mass is 32.2. The van der Waals surface area contributed by atoms with Gasteiger partial charge in [0.1, 0.15) is 5.78 Å². The summed E-state index contributed by atoms with van der Waals surface area (Å²) in [5.74, 6) is 0.468. The van der Waals surface area contributed by atoms with Crippen LogP contribution in [0.3, 0.4) is 0 Å². The zero-order valence-electron chi connectivity index (χ0n) is 13.7. The standard InChI is InChI=1S/C16H27NO4S/c1-14(2)12-6-7-16(14,13(18)8-12)10-22(20,21)17-9-15(3,19)11-4-5-11/h11-12,17,19H,4-10H2,1-3H3/t12-,15-,16-/m0/s1. The van der Waals surface area contributed by atoms with Crippen molar-refractivity contribution in [1.82, 2.24) is 4.72 Å². The fourth-order valence-corrected chi connectivity index (χ4v) is 6.53. The predicted octanol–water partition coefficient (Wildman–Crippen LogP) is 1.46. The van der Waals surface area contributed by atoms with Crippen LogP contribution in [0, 0.1) is 22.7 Å². The fourth-order valence-electron chi connectivity index (χ4n) is 4.59. The molecule has 3 aliphatic rings. The summed E-state index contributed by atoms with van der Waals surface area (Å²) in [5, 5.41) is 10.3. The van der Waals surface area contributed by atoms with E-state index in [1.807, 2.05) is 13.8 Å². The molecule has 0 spiro atoms. The van der Waals surface area contributed by atoms with Gasteiger partial charge in [-0.2, -0.15) is 0 Å². The molecule has 3 atom stereocenters. The smallest absolute Gasteiger partial charge is 0.212 e. The van der Waals surface area contributed by atoms with E-state index in [0.717, 1.165) is 19.3 Å². The summed E-state index contributed by atoms with van der Waals surface area (Å²) in [6, 6.07) is 0. The van der Waals surface area contributed by atoms with Crippen LogP contribution >= 0.6 is 0 Å². The SMILES string of the molecule is CC1(C)[C@H]2CC[C@]1(CS(=O)(=O)NC[C@](C)(O)C1CC1)C(=O)C2. The van der Waals surface area contributed by atoms with Crippen LogP contribution in [-0.4, -0.2) is 37.2 Å². The van der Waals surface area contributed by atoms with Gasteiger partial charge in [-0.05, 0) is 49.9 Å². The van der Waals surface area contributed by atoms with Crippen LogP contribution in [0.2, 0.25) is 0 Å². The second kappa shape index (κ2) is 4.77. The summed E-state index contributed by atoms with van der Waals surface area (Å²) in [6.45, 7) is 5.78. The Morgan fingerprint density at radius 1 is 1.32 bits per heavy atom. The van der Waals surface area contributed by atoms with E-state index in [1.165, 1.54) is 0 Å². The van der Waals surface area contributed by atoms with Gasteiger partial charge in [-0.15, -0.1) is 0 Å². The Bertz CT molecular complexity index is 591. The Morgan fingerprint density at radius 3 is 2.41 bits per heavy atom. The molecule has 2 bridgehead atoms. The molecule has 5 nitrogen and oxygen atoms in total. The van der Waals surface area contributed by atoms with E-state index in [-0.39, 0.29) is 29.4 Å². The number of carbonyl (C=O) groups excluding carboxylic acids is 1. The predicted molar refractivity (Wildman–Crippen MR) is 83.7 cm³/mol. The van der Waals surface area contributed by atoms with Crippen molar-refractivity contribution in [1.29, 1.82) is 0 Å². The van der Waals surface area contributed by atoms with Gasteiger partial charge in [0.2, 0.25) is 10.0 Å². The highest BCUT2D eigenvalue weighted by Gasteiger charge is 2.65. The van der Waals surface area contributed by atoms with Crippen LogP contribution in [0.25, 0.3) is 0 Å². The summed E-state index contributed by atoms with van der Waals surface area (Å²) in [7, 11) is -3.58. The van der Waals surface area contributed by atoms with Gasteiger partial charge in [-0.25, -0.2) is 13.1 Å². The monoisotopic (exact) mass is 329 g/mol. The molecule has 126 valence electrons. The number of ketones is 1. The van der Waals surface area contributed by atoms with Crippen LogP contribution < -0.4 is 4.72 Å². The first kappa shape index (κ1) is 16.4. The zero-order chi connectivity index (χ0) is 16.4. The van der Waals surface area contributed by atoms with Crippen molar-refractivity contribution in [2.45, 2.75) is 58.5 Å². The fraction of sp³-hybridized carbons (Fsp3) is 0.938. The summed E-state index contributed by atoms with van der Waals surface area (Å²) in [4.78, 5) is 12.4. The van der Waals surface area contributed by atoms with Crippen molar-refractivity contribution in [3.63, 3.8) is 0 Å². The highest BCUT2D eigenvalue weighted by molar-refractivity contribution is 7.89. The average Bonchev–Trinajstić information content (AvgIpc) is 3.18. The van der Waals surface area contributed by atoms with Crippen LogP contribution in [-0.2, 0) is 14.8 Å². The first-order valence-electron chi connectivity index (χ1n) is 8.23. The van der Waals surface area contributed by atoms with E-state index < -0.39 is 21.0 Å². The molecule has 0 saturated heterocycles. The zero-order valence-corrected chi connectivity index (χ0v) is 14.5. The number of hydrogen-bond acceptors (Lipinski definition) is 4. The molecule has 0 heterocycles. The van der Waals surface area contributed by atoms with Crippen molar-refractivity contribution in [3.8, 4) is 0 Å². The summed E-state index contributed by atoms with van der Waals surface area (Å²) in [6.07, 6.45) is 4.03. The van der Waals surface area contributed by atoms with Crippen LogP contribution in [0.4, 0.5) is 0 Å². The van der Waals surface area contributed by atoms with Gasteiger partial charge in [0.05, 0.1) is 11.4 Å². The number of carbonyl (C=O) groups is 1. The molecule has 0 unspecified atom stereocenters. The van der Waals surface area contributed by atoms with Gasteiger partial charge >= 0.3 is 0 Å². The van der Waals surface area contributed by atoms with Crippen molar-refractivity contribution in [3.05, 3.63) is 0 Å². The Balaban J connectivity index is 1.72. The topological polar surface area (TPSA) is 83.5 Å². The normalized spacial score (nSPS) is 36.5. The molecule has 2 N–H and O–H groups in total. The number of aliphatic hydroxyl groups is 1. The largest absolute Gasteiger partial charge is 0.389 e. The van der Waals surface area contributed by atoms with Crippen molar-refractivity contribution < 1.29 is 18.3 Å². The number of hydrogen-bond donors (Lipinski definition) is 2. The second-order valence-corrected chi connectivity index (χ2v) is 10.2. The van der Waals surface area contributed by atoms with Gasteiger partial charge in [0.15, 0.2) is 0 Å². The molecule has 0 aromatic heterocycles. The summed E-state index contributed by atoms with van der Waals surface area (Å²) in [5.41, 5.74) is -1.98. The second-order valence-electron chi connectivity index (χ2n) is 8.38. The van der Waals surface area contributed by atoms with Gasteiger partial charge in [0.25, 0.3) is 0 Å². The lowest BCUT2D eigenvalue weighted by atomic mass is 9.70. The number of sulfonamides is 1. The lowest BCUT2D eigenvalue weighted by Gasteiger charge is -2.36. The minimum absolute atomic E-state index is 0.0358. The van der Waals surface area contributed by atoms with Crippen molar-refractivity contribution in [2.24, 2.45) is 22.7 Å². The van der Waals surface area contributed by atoms with Gasteiger partial charge < -0.3 is 5.11 Å². The summed E-state index contributed by atoms with van der Waals surface area (Å²) < 4.78 is 27.6. The van der Waals surface area contributed by atoms with E-state index in [4.69, 9.17) is 0 Å². The molecule has 0 radical (unpaired) electrons. The number of Topliss-reactive ketones (excluding diaryl/α,β-unsaturated/α-hetero) is 1. The minimum atomic E-state index is -3.58. The van der Waals surface area contributed by atoms with Gasteiger partial charge in [-0.3, -0.25) is 4.79 Å². The van der Waals surface area contributed by atoms with Crippen molar-refractivity contribution >= 4 is 15.8 Å². The molecule has 0 aromatic rings. The van der Waals surface area contributed by atoms with Crippen molar-refractivity contribution in [2.75, 3.05) is 12.3 Å². The third-order valence-electron chi connectivity index (χ3n) is 6.68. The molecule has 3 rings (SSSR count). The first-order chi connectivity index (χ1) is 10.0. The summed E-state index contributed by atoms with van der Waals surface area (Å²) >= 11 is 0. The molecule has 6 heteroatoms. The Kier molecular flexibility index (Phi) is 3.56. The first-order valence-corrected chi connectivity index (χ1v) is 9.88. The Labute approximate surface area is 132 Å². The van der Waals surface area contributed by atoms with Crippen LogP contribution in [0.1, 0.15) is 52.9 Å². The van der Waals surface area contributed by atoms with Gasteiger partial charge in [-0.1, -0.05) is 13.8 Å². The third kappa shape index (κ3) is 2.43. The third-order valence-corrected chi connectivity index (χ3v) is 8.14. The van der Waals surface area contributed by atoms with E-state index in [0.29, 0.717) is 18.8 Å². The molecule has 3 saturated carbocycles. The van der Waals surface area contributed by atoms with E-state index in [2.05, 4.69) is 4.72 Å². The number of rotatable bonds is 6. The molecular weight excluding hydrogens is 302 g/mol. The molecular formula is C16H27NO4S. The highest BCUT2D eigenvalue weighted by Crippen LogP contribution is 2.64. The van der Waals surface area contributed by atoms with E-state index in [9.17, 15) is 18.3 Å². The van der Waals surface area contributed by atoms with Crippen LogP contribution in [0.15, 0.2) is 0 Å². The maximum absolute atomic E-state index is 12.5. The lowest BCUT2D eigenvalue weighted by Crippen LogP contribution is -2.48. The minimum Gasteiger partial charge on any atom is -0.389 e. The average molecular weight is 329 g/mol. The number of fused-ring (bicyclic) bond motifs is 2. The molecule has 3 fully saturated rings. The lowest BCUT2D eigenvalue weighted by molar-refractivity contribution is -0.128.